The minimum atomic E-state index is -0.769. The van der Waals surface area contributed by atoms with E-state index in [0.29, 0.717) is 37.7 Å². The summed E-state index contributed by atoms with van der Waals surface area (Å²) in [5, 5.41) is 5.23. The third kappa shape index (κ3) is 5.52. The van der Waals surface area contributed by atoms with Gasteiger partial charge in [-0.3, -0.25) is 14.5 Å². The van der Waals surface area contributed by atoms with Gasteiger partial charge < -0.3 is 21.1 Å². The number of hydrogen-bond acceptors (Lipinski definition) is 5. The SMILES string of the molecule is Cc1cc(NC(=O)C(=O)NCC(c2cccc(F)c2)N2CCOCC2)ccc1N. The van der Waals surface area contributed by atoms with E-state index in [-0.39, 0.29) is 18.4 Å². The number of benzene rings is 2. The normalized spacial score (nSPS) is 15.5. The largest absolute Gasteiger partial charge is 0.399 e. The molecule has 0 aliphatic carbocycles. The molecule has 1 saturated heterocycles. The van der Waals surface area contributed by atoms with Crippen LogP contribution in [0.4, 0.5) is 15.8 Å². The number of rotatable bonds is 5. The van der Waals surface area contributed by atoms with Crippen molar-refractivity contribution in [2.75, 3.05) is 43.9 Å². The Morgan fingerprint density at radius 2 is 1.93 bits per heavy atom. The molecule has 7 nitrogen and oxygen atoms in total. The van der Waals surface area contributed by atoms with E-state index < -0.39 is 11.8 Å². The molecule has 1 fully saturated rings. The molecule has 29 heavy (non-hydrogen) atoms. The Balaban J connectivity index is 1.65. The molecular weight excluding hydrogens is 375 g/mol. The van der Waals surface area contributed by atoms with Crippen LogP contribution in [0.5, 0.6) is 0 Å². The number of nitrogen functional groups attached to an aromatic ring is 1. The Hall–Kier alpha value is -2.97. The number of carbonyl (C=O) groups excluding carboxylic acids is 2. The van der Waals surface area contributed by atoms with Gasteiger partial charge in [0.1, 0.15) is 5.82 Å². The molecule has 2 aromatic rings. The summed E-state index contributed by atoms with van der Waals surface area (Å²) < 4.78 is 19.1. The Labute approximate surface area is 169 Å². The van der Waals surface area contributed by atoms with Gasteiger partial charge in [0.05, 0.1) is 19.3 Å². The summed E-state index contributed by atoms with van der Waals surface area (Å²) in [7, 11) is 0. The van der Waals surface area contributed by atoms with Crippen LogP contribution in [0.3, 0.4) is 0 Å². The predicted octanol–water partition coefficient (Wildman–Crippen LogP) is 1.84. The molecule has 0 spiro atoms. The zero-order valence-electron chi connectivity index (χ0n) is 16.3. The first-order valence-electron chi connectivity index (χ1n) is 9.46. The highest BCUT2D eigenvalue weighted by atomic mass is 19.1. The minimum absolute atomic E-state index is 0.177. The highest BCUT2D eigenvalue weighted by molar-refractivity contribution is 6.39. The summed E-state index contributed by atoms with van der Waals surface area (Å²) >= 11 is 0. The lowest BCUT2D eigenvalue weighted by atomic mass is 10.0. The van der Waals surface area contributed by atoms with Gasteiger partial charge in [-0.05, 0) is 48.4 Å². The Kier molecular flexibility index (Phi) is 6.79. The van der Waals surface area contributed by atoms with E-state index >= 15 is 0 Å². The third-order valence-electron chi connectivity index (χ3n) is 4.91. The number of aryl methyl sites for hydroxylation is 1. The number of carbonyl (C=O) groups is 2. The number of hydrogen-bond donors (Lipinski definition) is 3. The van der Waals surface area contributed by atoms with Crippen molar-refractivity contribution in [3.05, 3.63) is 59.4 Å². The molecule has 0 aromatic heterocycles. The van der Waals surface area contributed by atoms with Crippen LogP contribution in [0.1, 0.15) is 17.2 Å². The van der Waals surface area contributed by atoms with Crippen molar-refractivity contribution in [1.29, 1.82) is 0 Å². The van der Waals surface area contributed by atoms with Crippen molar-refractivity contribution in [2.24, 2.45) is 0 Å². The molecule has 2 aromatic carbocycles. The van der Waals surface area contributed by atoms with Gasteiger partial charge in [-0.25, -0.2) is 4.39 Å². The molecule has 154 valence electrons. The van der Waals surface area contributed by atoms with E-state index in [2.05, 4.69) is 15.5 Å². The fraction of sp³-hybridized carbons (Fsp3) is 0.333. The monoisotopic (exact) mass is 400 g/mol. The molecule has 0 saturated carbocycles. The van der Waals surface area contributed by atoms with Crippen molar-refractivity contribution in [3.8, 4) is 0 Å². The van der Waals surface area contributed by atoms with Gasteiger partial charge in [0, 0.05) is 31.0 Å². The van der Waals surface area contributed by atoms with E-state index in [0.717, 1.165) is 11.1 Å². The molecule has 1 aliphatic heterocycles. The second kappa shape index (κ2) is 9.49. The van der Waals surface area contributed by atoms with Crippen LogP contribution < -0.4 is 16.4 Å². The van der Waals surface area contributed by atoms with Crippen LogP contribution >= 0.6 is 0 Å². The molecule has 1 unspecified atom stereocenters. The number of nitrogens with zero attached hydrogens (tertiary/aromatic N) is 1. The van der Waals surface area contributed by atoms with E-state index in [1.807, 2.05) is 13.0 Å². The van der Waals surface area contributed by atoms with E-state index in [4.69, 9.17) is 10.5 Å². The lowest BCUT2D eigenvalue weighted by Crippen LogP contribution is -2.45. The molecular formula is C21H25FN4O3. The Morgan fingerprint density at radius 3 is 2.62 bits per heavy atom. The Bertz CT molecular complexity index is 884. The summed E-state index contributed by atoms with van der Waals surface area (Å²) in [6.45, 7) is 4.45. The summed E-state index contributed by atoms with van der Waals surface area (Å²) in [6, 6.07) is 11.0. The first-order valence-corrected chi connectivity index (χ1v) is 9.46. The fourth-order valence-corrected chi connectivity index (χ4v) is 3.27. The minimum Gasteiger partial charge on any atom is -0.399 e. The van der Waals surface area contributed by atoms with Crippen molar-refractivity contribution in [1.82, 2.24) is 10.2 Å². The van der Waals surface area contributed by atoms with Gasteiger partial charge in [-0.1, -0.05) is 12.1 Å². The predicted molar refractivity (Wildman–Crippen MR) is 109 cm³/mol. The summed E-state index contributed by atoms with van der Waals surface area (Å²) in [5.74, 6) is -1.87. The van der Waals surface area contributed by atoms with Crippen molar-refractivity contribution >= 4 is 23.2 Å². The lowest BCUT2D eigenvalue weighted by molar-refractivity contribution is -0.136. The summed E-state index contributed by atoms with van der Waals surface area (Å²) in [5.41, 5.74) is 8.41. The van der Waals surface area contributed by atoms with Crippen LogP contribution in [-0.2, 0) is 14.3 Å². The summed E-state index contributed by atoms with van der Waals surface area (Å²) in [6.07, 6.45) is 0. The summed E-state index contributed by atoms with van der Waals surface area (Å²) in [4.78, 5) is 26.7. The second-order valence-corrected chi connectivity index (χ2v) is 6.95. The van der Waals surface area contributed by atoms with Gasteiger partial charge in [-0.15, -0.1) is 0 Å². The molecule has 0 bridgehead atoms. The van der Waals surface area contributed by atoms with Gasteiger partial charge >= 0.3 is 11.8 Å². The molecule has 8 heteroatoms. The zero-order valence-corrected chi connectivity index (χ0v) is 16.3. The highest BCUT2D eigenvalue weighted by Crippen LogP contribution is 2.22. The maximum Gasteiger partial charge on any atom is 0.313 e. The molecule has 1 aliphatic rings. The number of morpholine rings is 1. The van der Waals surface area contributed by atoms with Crippen LogP contribution in [-0.4, -0.2) is 49.6 Å². The number of nitrogens with one attached hydrogen (secondary N) is 2. The van der Waals surface area contributed by atoms with Gasteiger partial charge in [0.15, 0.2) is 0 Å². The average Bonchev–Trinajstić information content (AvgIpc) is 2.71. The maximum atomic E-state index is 13.7. The standard InChI is InChI=1S/C21H25FN4O3/c1-14-11-17(5-6-18(14)23)25-21(28)20(27)24-13-19(26-7-9-29-10-8-26)15-3-2-4-16(22)12-15/h2-6,11-12,19H,7-10,13,23H2,1H3,(H,24,27)(H,25,28). The van der Waals surface area contributed by atoms with Crippen molar-refractivity contribution < 1.29 is 18.7 Å². The van der Waals surface area contributed by atoms with Crippen LogP contribution in [0.25, 0.3) is 0 Å². The zero-order chi connectivity index (χ0) is 20.8. The fourth-order valence-electron chi connectivity index (χ4n) is 3.27. The second-order valence-electron chi connectivity index (χ2n) is 6.95. The van der Waals surface area contributed by atoms with Crippen LogP contribution in [0.15, 0.2) is 42.5 Å². The van der Waals surface area contributed by atoms with E-state index in [1.165, 1.54) is 12.1 Å². The molecule has 4 N–H and O–H groups in total. The molecule has 3 rings (SSSR count). The number of nitrogens with two attached hydrogens (primary N) is 1. The van der Waals surface area contributed by atoms with Gasteiger partial charge in [-0.2, -0.15) is 0 Å². The van der Waals surface area contributed by atoms with Crippen molar-refractivity contribution in [2.45, 2.75) is 13.0 Å². The lowest BCUT2D eigenvalue weighted by Gasteiger charge is -2.34. The first-order chi connectivity index (χ1) is 13.9. The highest BCUT2D eigenvalue weighted by Gasteiger charge is 2.25. The number of ether oxygens (including phenoxy) is 1. The molecule has 1 atom stereocenters. The van der Waals surface area contributed by atoms with Crippen LogP contribution in [0.2, 0.25) is 0 Å². The van der Waals surface area contributed by atoms with Crippen molar-refractivity contribution in [3.63, 3.8) is 0 Å². The number of anilines is 2. The van der Waals surface area contributed by atoms with Gasteiger partial charge in [0.2, 0.25) is 0 Å². The maximum absolute atomic E-state index is 13.7. The van der Waals surface area contributed by atoms with E-state index in [9.17, 15) is 14.0 Å². The Morgan fingerprint density at radius 1 is 1.17 bits per heavy atom. The number of halogens is 1. The van der Waals surface area contributed by atoms with E-state index in [1.54, 1.807) is 24.3 Å². The van der Waals surface area contributed by atoms with Crippen LogP contribution in [0, 0.1) is 12.7 Å². The molecule has 2 amide bonds. The first kappa shape index (κ1) is 20.8. The third-order valence-corrected chi connectivity index (χ3v) is 4.91. The molecule has 0 radical (unpaired) electrons. The quantitative estimate of drug-likeness (QED) is 0.526. The number of amides is 2. The smallest absolute Gasteiger partial charge is 0.313 e. The average molecular weight is 400 g/mol. The molecule has 1 heterocycles. The topological polar surface area (TPSA) is 96.7 Å². The van der Waals surface area contributed by atoms with Gasteiger partial charge in [0.25, 0.3) is 0 Å².